The molecule has 1 unspecified atom stereocenters. The minimum atomic E-state index is 0. The van der Waals surface area contributed by atoms with Crippen LogP contribution < -0.4 is 10.6 Å². The average Bonchev–Trinajstić information content (AvgIpc) is 2.88. The number of hydrogen-bond acceptors (Lipinski definition) is 2. The maximum Gasteiger partial charge on any atom is 0.220 e. The third kappa shape index (κ3) is 5.49. The molecule has 1 heterocycles. The van der Waals surface area contributed by atoms with Gasteiger partial charge in [0.1, 0.15) is 0 Å². The van der Waals surface area contributed by atoms with Crippen LogP contribution in [0.15, 0.2) is 18.2 Å². The Balaban J connectivity index is 0.00000200. The number of amides is 1. The van der Waals surface area contributed by atoms with Crippen molar-refractivity contribution in [3.63, 3.8) is 0 Å². The van der Waals surface area contributed by atoms with Crippen molar-refractivity contribution in [2.75, 3.05) is 13.1 Å². The maximum atomic E-state index is 11.7. The van der Waals surface area contributed by atoms with E-state index in [1.54, 1.807) is 12.1 Å². The summed E-state index contributed by atoms with van der Waals surface area (Å²) in [5, 5.41) is 7.54. The quantitative estimate of drug-likeness (QED) is 0.866. The van der Waals surface area contributed by atoms with Crippen LogP contribution in [0.1, 0.15) is 24.8 Å². The Morgan fingerprint density at radius 2 is 2.20 bits per heavy atom. The zero-order valence-electron chi connectivity index (χ0n) is 11.1. The Hall–Kier alpha value is -0.480. The number of nitrogens with one attached hydrogen (secondary N) is 2. The van der Waals surface area contributed by atoms with E-state index in [9.17, 15) is 4.79 Å². The van der Waals surface area contributed by atoms with Crippen LogP contribution in [0.25, 0.3) is 0 Å². The molecule has 1 aliphatic heterocycles. The van der Waals surface area contributed by atoms with Crippen LogP contribution in [0.5, 0.6) is 0 Å². The van der Waals surface area contributed by atoms with Crippen molar-refractivity contribution in [1.29, 1.82) is 0 Å². The normalized spacial score (nSPS) is 17.6. The summed E-state index contributed by atoms with van der Waals surface area (Å²) in [4.78, 5) is 11.7. The van der Waals surface area contributed by atoms with E-state index in [0.29, 0.717) is 35.5 Å². The molecule has 1 aromatic carbocycles. The number of carbonyl (C=O) groups is 1. The average molecular weight is 338 g/mol. The third-order valence-corrected chi connectivity index (χ3v) is 3.93. The van der Waals surface area contributed by atoms with E-state index in [0.717, 1.165) is 18.5 Å². The first-order valence-corrected chi connectivity index (χ1v) is 7.35. The predicted molar refractivity (Wildman–Crippen MR) is 86.1 cm³/mol. The van der Waals surface area contributed by atoms with Crippen molar-refractivity contribution in [2.24, 2.45) is 0 Å². The lowest BCUT2D eigenvalue weighted by Gasteiger charge is -2.11. The fraction of sp³-hybridized carbons (Fsp3) is 0.500. The van der Waals surface area contributed by atoms with Gasteiger partial charge in [0.25, 0.3) is 0 Å². The van der Waals surface area contributed by atoms with Gasteiger partial charge in [0, 0.05) is 29.1 Å². The van der Waals surface area contributed by atoms with Gasteiger partial charge in [-0.3, -0.25) is 4.79 Å². The van der Waals surface area contributed by atoms with E-state index < -0.39 is 0 Å². The number of carbonyl (C=O) groups excluding carboxylic acids is 1. The summed E-state index contributed by atoms with van der Waals surface area (Å²) in [6, 6.07) is 5.81. The molecule has 0 saturated carbocycles. The van der Waals surface area contributed by atoms with Gasteiger partial charge in [-0.1, -0.05) is 29.3 Å². The molecule has 3 nitrogen and oxygen atoms in total. The van der Waals surface area contributed by atoms with Gasteiger partial charge in [0.2, 0.25) is 5.91 Å². The molecule has 2 N–H and O–H groups in total. The summed E-state index contributed by atoms with van der Waals surface area (Å²) >= 11 is 11.9. The topological polar surface area (TPSA) is 41.1 Å². The van der Waals surface area contributed by atoms with Crippen molar-refractivity contribution >= 4 is 41.5 Å². The molecular formula is C14H19Cl3N2O. The molecule has 1 atom stereocenters. The summed E-state index contributed by atoms with van der Waals surface area (Å²) in [6.45, 7) is 1.77. The fourth-order valence-corrected chi connectivity index (χ4v) is 2.73. The lowest BCUT2D eigenvalue weighted by atomic mass is 10.1. The number of benzene rings is 1. The van der Waals surface area contributed by atoms with Crippen molar-refractivity contribution < 1.29 is 4.79 Å². The Bertz CT molecular complexity index is 448. The number of rotatable bonds is 5. The molecule has 112 valence electrons. The number of aryl methyl sites for hydroxylation is 1. The van der Waals surface area contributed by atoms with E-state index in [1.165, 1.54) is 6.42 Å². The van der Waals surface area contributed by atoms with Crippen molar-refractivity contribution in [3.8, 4) is 0 Å². The van der Waals surface area contributed by atoms with E-state index in [4.69, 9.17) is 23.2 Å². The minimum Gasteiger partial charge on any atom is -0.355 e. The van der Waals surface area contributed by atoms with Crippen LogP contribution in [0, 0.1) is 0 Å². The second-order valence-corrected chi connectivity index (χ2v) is 5.68. The first kappa shape index (κ1) is 17.6. The lowest BCUT2D eigenvalue weighted by Crippen LogP contribution is -2.37. The fourth-order valence-electron chi connectivity index (χ4n) is 2.23. The van der Waals surface area contributed by atoms with Gasteiger partial charge >= 0.3 is 0 Å². The summed E-state index contributed by atoms with van der Waals surface area (Å²) in [6.07, 6.45) is 3.43. The van der Waals surface area contributed by atoms with E-state index in [1.807, 2.05) is 6.07 Å². The lowest BCUT2D eigenvalue weighted by molar-refractivity contribution is -0.121. The molecule has 0 aromatic heterocycles. The molecule has 20 heavy (non-hydrogen) atoms. The zero-order chi connectivity index (χ0) is 13.7. The van der Waals surface area contributed by atoms with Gasteiger partial charge in [0.05, 0.1) is 0 Å². The van der Waals surface area contributed by atoms with E-state index in [-0.39, 0.29) is 18.3 Å². The summed E-state index contributed by atoms with van der Waals surface area (Å²) < 4.78 is 0. The van der Waals surface area contributed by atoms with Crippen LogP contribution >= 0.6 is 35.6 Å². The highest BCUT2D eigenvalue weighted by atomic mass is 35.5. The standard InChI is InChI=1S/C14H18Cl2N2O.ClH/c15-11-5-3-10(13(16)8-11)4-6-14(19)18-9-12-2-1-7-17-12;/h3,5,8,12,17H,1-2,4,6-7,9H2,(H,18,19);1H. The van der Waals surface area contributed by atoms with Gasteiger partial charge in [-0.2, -0.15) is 0 Å². The van der Waals surface area contributed by atoms with Crippen LogP contribution in [0.4, 0.5) is 0 Å². The van der Waals surface area contributed by atoms with Gasteiger partial charge in [-0.25, -0.2) is 0 Å². The SMILES string of the molecule is Cl.O=C(CCc1ccc(Cl)cc1Cl)NCC1CCCN1. The molecule has 1 aromatic rings. The van der Waals surface area contributed by atoms with Crippen LogP contribution in [-0.4, -0.2) is 25.0 Å². The van der Waals surface area contributed by atoms with Crippen LogP contribution in [0.3, 0.4) is 0 Å². The highest BCUT2D eigenvalue weighted by molar-refractivity contribution is 6.35. The highest BCUT2D eigenvalue weighted by Crippen LogP contribution is 2.21. The molecule has 1 aliphatic rings. The predicted octanol–water partition coefficient (Wildman–Crippen LogP) is 3.22. The zero-order valence-corrected chi connectivity index (χ0v) is 13.5. The molecule has 0 aliphatic carbocycles. The molecule has 6 heteroatoms. The second kappa shape index (κ2) is 8.73. The van der Waals surface area contributed by atoms with Crippen molar-refractivity contribution in [3.05, 3.63) is 33.8 Å². The molecule has 2 rings (SSSR count). The summed E-state index contributed by atoms with van der Waals surface area (Å²) in [7, 11) is 0. The first-order chi connectivity index (χ1) is 9.15. The molecule has 1 amide bonds. The molecule has 0 radical (unpaired) electrons. The van der Waals surface area contributed by atoms with Crippen LogP contribution in [0.2, 0.25) is 10.0 Å². The van der Waals surface area contributed by atoms with Gasteiger partial charge in [-0.05, 0) is 43.5 Å². The van der Waals surface area contributed by atoms with Gasteiger partial charge < -0.3 is 10.6 Å². The van der Waals surface area contributed by atoms with Crippen molar-refractivity contribution in [2.45, 2.75) is 31.7 Å². The second-order valence-electron chi connectivity index (χ2n) is 4.83. The monoisotopic (exact) mass is 336 g/mol. The maximum absolute atomic E-state index is 11.7. The Morgan fingerprint density at radius 3 is 2.85 bits per heavy atom. The summed E-state index contributed by atoms with van der Waals surface area (Å²) in [5.74, 6) is 0.0692. The third-order valence-electron chi connectivity index (χ3n) is 3.34. The van der Waals surface area contributed by atoms with Crippen molar-refractivity contribution in [1.82, 2.24) is 10.6 Å². The Labute approximate surface area is 135 Å². The number of hydrogen-bond donors (Lipinski definition) is 2. The minimum absolute atomic E-state index is 0. The number of halogens is 3. The molecule has 0 bridgehead atoms. The Kier molecular flexibility index (Phi) is 7.67. The van der Waals surface area contributed by atoms with E-state index >= 15 is 0 Å². The largest absolute Gasteiger partial charge is 0.355 e. The molecule has 1 fully saturated rings. The van der Waals surface area contributed by atoms with Gasteiger partial charge in [-0.15, -0.1) is 12.4 Å². The molecular weight excluding hydrogens is 319 g/mol. The molecule has 1 saturated heterocycles. The van der Waals surface area contributed by atoms with Crippen LogP contribution in [-0.2, 0) is 11.2 Å². The summed E-state index contributed by atoms with van der Waals surface area (Å²) in [5.41, 5.74) is 0.959. The van der Waals surface area contributed by atoms with E-state index in [2.05, 4.69) is 10.6 Å². The Morgan fingerprint density at radius 1 is 1.40 bits per heavy atom. The smallest absolute Gasteiger partial charge is 0.220 e. The molecule has 0 spiro atoms. The van der Waals surface area contributed by atoms with Gasteiger partial charge in [0.15, 0.2) is 0 Å². The first-order valence-electron chi connectivity index (χ1n) is 6.59. The highest BCUT2D eigenvalue weighted by Gasteiger charge is 2.14.